The third-order valence-electron chi connectivity index (χ3n) is 3.01. The molecule has 0 aromatic heterocycles. The van der Waals surface area contributed by atoms with E-state index in [0.717, 1.165) is 25.9 Å². The number of amides is 3. The molecule has 8 nitrogen and oxygen atoms in total. The Bertz CT molecular complexity index is 342. The summed E-state index contributed by atoms with van der Waals surface area (Å²) in [5, 5.41) is 16.2. The minimum atomic E-state index is -1.12. The number of carbonyl (C=O) groups is 3. The molecule has 1 aliphatic heterocycles. The molecule has 4 N–H and O–H groups in total. The maximum Gasteiger partial charge on any atom is 0.322 e. The number of nitrogens with one attached hydrogen (secondary N) is 3. The van der Waals surface area contributed by atoms with Crippen molar-refractivity contribution >= 4 is 17.9 Å². The molecule has 0 radical (unpaired) electrons. The van der Waals surface area contributed by atoms with Crippen molar-refractivity contribution in [3.05, 3.63) is 0 Å². The van der Waals surface area contributed by atoms with Crippen LogP contribution in [0.3, 0.4) is 0 Å². The summed E-state index contributed by atoms with van der Waals surface area (Å²) < 4.78 is 0. The van der Waals surface area contributed by atoms with Gasteiger partial charge < -0.3 is 26.0 Å². The zero-order valence-electron chi connectivity index (χ0n) is 10.9. The molecule has 19 heavy (non-hydrogen) atoms. The van der Waals surface area contributed by atoms with Crippen molar-refractivity contribution in [3.63, 3.8) is 0 Å². The second kappa shape index (κ2) is 7.57. The van der Waals surface area contributed by atoms with E-state index in [0.29, 0.717) is 0 Å². The molecule has 0 bridgehead atoms. The molecule has 0 aromatic rings. The van der Waals surface area contributed by atoms with E-state index in [1.807, 2.05) is 0 Å². The SMILES string of the molecule is CN(C(=O)NCC(=O)NCC(=O)O)C1CCNCC1. The smallest absolute Gasteiger partial charge is 0.322 e. The fourth-order valence-corrected chi connectivity index (χ4v) is 1.88. The zero-order valence-corrected chi connectivity index (χ0v) is 10.9. The van der Waals surface area contributed by atoms with Crippen molar-refractivity contribution in [2.45, 2.75) is 18.9 Å². The molecule has 1 heterocycles. The van der Waals surface area contributed by atoms with Crippen LogP contribution in [0.15, 0.2) is 0 Å². The number of carboxylic acid groups (broad SMARTS) is 1. The summed E-state index contributed by atoms with van der Waals surface area (Å²) in [6.45, 7) is 1.09. The summed E-state index contributed by atoms with van der Waals surface area (Å²) in [5.74, 6) is -1.64. The van der Waals surface area contributed by atoms with E-state index in [4.69, 9.17) is 5.11 Å². The zero-order chi connectivity index (χ0) is 14.3. The van der Waals surface area contributed by atoms with E-state index >= 15 is 0 Å². The second-order valence-electron chi connectivity index (χ2n) is 4.42. The van der Waals surface area contributed by atoms with Gasteiger partial charge in [0.25, 0.3) is 0 Å². The van der Waals surface area contributed by atoms with Crippen molar-refractivity contribution in [2.75, 3.05) is 33.2 Å². The van der Waals surface area contributed by atoms with Gasteiger partial charge >= 0.3 is 12.0 Å². The van der Waals surface area contributed by atoms with Crippen LogP contribution in [0.2, 0.25) is 0 Å². The highest BCUT2D eigenvalue weighted by molar-refractivity contribution is 5.86. The van der Waals surface area contributed by atoms with Crippen molar-refractivity contribution < 1.29 is 19.5 Å². The van der Waals surface area contributed by atoms with Gasteiger partial charge in [-0.3, -0.25) is 9.59 Å². The first-order valence-corrected chi connectivity index (χ1v) is 6.20. The third-order valence-corrected chi connectivity index (χ3v) is 3.01. The number of nitrogens with zero attached hydrogens (tertiary/aromatic N) is 1. The van der Waals surface area contributed by atoms with Crippen LogP contribution >= 0.6 is 0 Å². The Kier molecular flexibility index (Phi) is 6.07. The van der Waals surface area contributed by atoms with Crippen LogP contribution in [-0.2, 0) is 9.59 Å². The molecule has 0 atom stereocenters. The summed E-state index contributed by atoms with van der Waals surface area (Å²) in [5.41, 5.74) is 0. The Morgan fingerprint density at radius 3 is 2.42 bits per heavy atom. The highest BCUT2D eigenvalue weighted by Gasteiger charge is 2.21. The fourth-order valence-electron chi connectivity index (χ4n) is 1.88. The molecular formula is C11H20N4O4. The number of hydrogen-bond donors (Lipinski definition) is 4. The lowest BCUT2D eigenvalue weighted by Gasteiger charge is -2.31. The molecule has 1 aliphatic rings. The summed E-state index contributed by atoms with van der Waals surface area (Å²) in [4.78, 5) is 34.8. The Hall–Kier alpha value is -1.83. The Balaban J connectivity index is 2.25. The lowest BCUT2D eigenvalue weighted by Crippen LogP contribution is -2.49. The molecular weight excluding hydrogens is 252 g/mol. The predicted octanol–water partition coefficient (Wildman–Crippen LogP) is -1.42. The molecule has 1 rings (SSSR count). The van der Waals surface area contributed by atoms with Crippen LogP contribution in [0, 0.1) is 0 Å². The molecule has 108 valence electrons. The number of carboxylic acids is 1. The van der Waals surface area contributed by atoms with Gasteiger partial charge in [-0.05, 0) is 25.9 Å². The topological polar surface area (TPSA) is 111 Å². The Morgan fingerprint density at radius 2 is 1.84 bits per heavy atom. The van der Waals surface area contributed by atoms with E-state index < -0.39 is 18.4 Å². The van der Waals surface area contributed by atoms with Crippen molar-refractivity contribution in [1.82, 2.24) is 20.9 Å². The van der Waals surface area contributed by atoms with Gasteiger partial charge in [0.2, 0.25) is 5.91 Å². The fraction of sp³-hybridized carbons (Fsp3) is 0.727. The quantitative estimate of drug-likeness (QED) is 0.491. The average molecular weight is 272 g/mol. The first-order chi connectivity index (χ1) is 9.00. The van der Waals surface area contributed by atoms with Crippen molar-refractivity contribution in [2.24, 2.45) is 0 Å². The van der Waals surface area contributed by atoms with Gasteiger partial charge in [0.05, 0.1) is 6.54 Å². The molecule has 8 heteroatoms. The van der Waals surface area contributed by atoms with E-state index in [1.165, 1.54) is 0 Å². The third kappa shape index (κ3) is 5.56. The minimum absolute atomic E-state index is 0.170. The predicted molar refractivity (Wildman–Crippen MR) is 67.7 cm³/mol. The second-order valence-corrected chi connectivity index (χ2v) is 4.42. The summed E-state index contributed by atoms with van der Waals surface area (Å²) in [6.07, 6.45) is 1.77. The van der Waals surface area contributed by atoms with E-state index in [1.54, 1.807) is 11.9 Å². The number of carbonyl (C=O) groups excluding carboxylic acids is 2. The number of piperidine rings is 1. The van der Waals surface area contributed by atoms with Crippen LogP contribution in [0.1, 0.15) is 12.8 Å². The highest BCUT2D eigenvalue weighted by Crippen LogP contribution is 2.09. The van der Waals surface area contributed by atoms with Gasteiger partial charge in [-0.15, -0.1) is 0 Å². The first kappa shape index (κ1) is 15.2. The molecule has 0 unspecified atom stereocenters. The lowest BCUT2D eigenvalue weighted by atomic mass is 10.1. The normalized spacial score (nSPS) is 15.6. The lowest BCUT2D eigenvalue weighted by molar-refractivity contribution is -0.137. The van der Waals surface area contributed by atoms with Crippen LogP contribution in [0.5, 0.6) is 0 Å². The van der Waals surface area contributed by atoms with E-state index in [9.17, 15) is 14.4 Å². The molecule has 0 aliphatic carbocycles. The van der Waals surface area contributed by atoms with Crippen LogP contribution < -0.4 is 16.0 Å². The largest absolute Gasteiger partial charge is 0.480 e. The van der Waals surface area contributed by atoms with Crippen LogP contribution in [0.4, 0.5) is 4.79 Å². The van der Waals surface area contributed by atoms with Gasteiger partial charge in [-0.25, -0.2) is 4.79 Å². The maximum atomic E-state index is 11.8. The molecule has 1 saturated heterocycles. The average Bonchev–Trinajstić information content (AvgIpc) is 2.42. The summed E-state index contributed by atoms with van der Waals surface area (Å²) >= 11 is 0. The molecule has 0 spiro atoms. The standard InChI is InChI=1S/C11H20N4O4/c1-15(8-2-4-12-5-3-8)11(19)14-6-9(16)13-7-10(17)18/h8,12H,2-7H2,1H3,(H,13,16)(H,14,19)(H,17,18). The van der Waals surface area contributed by atoms with Crippen LogP contribution in [-0.4, -0.2) is 67.2 Å². The monoisotopic (exact) mass is 272 g/mol. The molecule has 1 fully saturated rings. The summed E-state index contributed by atoms with van der Waals surface area (Å²) in [6, 6.07) is -0.152. The Morgan fingerprint density at radius 1 is 1.21 bits per heavy atom. The van der Waals surface area contributed by atoms with Crippen molar-refractivity contribution in [3.8, 4) is 0 Å². The van der Waals surface area contributed by atoms with Gasteiger partial charge in [-0.2, -0.15) is 0 Å². The summed E-state index contributed by atoms with van der Waals surface area (Å²) in [7, 11) is 1.69. The Labute approximate surface area is 111 Å². The molecule has 3 amide bonds. The van der Waals surface area contributed by atoms with E-state index in [2.05, 4.69) is 16.0 Å². The maximum absolute atomic E-state index is 11.8. The molecule has 0 aromatic carbocycles. The van der Waals surface area contributed by atoms with Crippen LogP contribution in [0.25, 0.3) is 0 Å². The minimum Gasteiger partial charge on any atom is -0.480 e. The number of hydrogen-bond acceptors (Lipinski definition) is 4. The highest BCUT2D eigenvalue weighted by atomic mass is 16.4. The van der Waals surface area contributed by atoms with Gasteiger partial charge in [-0.1, -0.05) is 0 Å². The van der Waals surface area contributed by atoms with E-state index in [-0.39, 0.29) is 18.6 Å². The van der Waals surface area contributed by atoms with Gasteiger partial charge in [0.1, 0.15) is 6.54 Å². The number of rotatable bonds is 5. The first-order valence-electron chi connectivity index (χ1n) is 6.20. The number of urea groups is 1. The molecule has 0 saturated carbocycles. The van der Waals surface area contributed by atoms with Gasteiger partial charge in [0.15, 0.2) is 0 Å². The van der Waals surface area contributed by atoms with Crippen molar-refractivity contribution in [1.29, 1.82) is 0 Å². The number of aliphatic carboxylic acids is 1. The van der Waals surface area contributed by atoms with Gasteiger partial charge in [0, 0.05) is 13.1 Å².